The second-order valence-corrected chi connectivity index (χ2v) is 8.54. The van der Waals surface area contributed by atoms with Crippen LogP contribution in [0.5, 0.6) is 0 Å². The molecule has 2 N–H and O–H groups in total. The number of benzene rings is 1. The van der Waals surface area contributed by atoms with E-state index in [1.807, 2.05) is 44.0 Å². The van der Waals surface area contributed by atoms with Crippen LogP contribution in [0, 0.1) is 25.7 Å². The minimum Gasteiger partial charge on any atom is -0.338 e. The molecule has 1 saturated carbocycles. The van der Waals surface area contributed by atoms with Crippen LogP contribution in [-0.2, 0) is 9.59 Å². The first-order chi connectivity index (χ1) is 12.9. The van der Waals surface area contributed by atoms with Gasteiger partial charge in [-0.15, -0.1) is 0 Å². The van der Waals surface area contributed by atoms with Crippen LogP contribution in [0.25, 0.3) is 0 Å². The molecule has 2 amide bonds. The number of fused-ring (bicyclic) bond motifs is 1. The molecule has 2 aliphatic rings. The summed E-state index contributed by atoms with van der Waals surface area (Å²) in [5.74, 6) is 1.68. The molecule has 1 aliphatic heterocycles. The summed E-state index contributed by atoms with van der Waals surface area (Å²) in [6, 6.07) is 5.92. The molecule has 1 saturated heterocycles. The molecule has 1 heterocycles. The van der Waals surface area contributed by atoms with Gasteiger partial charge in [-0.3, -0.25) is 9.59 Å². The van der Waals surface area contributed by atoms with E-state index in [2.05, 4.69) is 5.32 Å². The fraction of sp³-hybridized carbons (Fsp3) is 0.636. The van der Waals surface area contributed by atoms with E-state index in [0.29, 0.717) is 19.0 Å². The third-order valence-electron chi connectivity index (χ3n) is 6.44. The summed E-state index contributed by atoms with van der Waals surface area (Å²) in [5, 5.41) is 2.99. The number of carbonyl (C=O) groups excluding carboxylic acids is 2. The van der Waals surface area contributed by atoms with Crippen molar-refractivity contribution in [3.63, 3.8) is 0 Å². The molecule has 3 atom stereocenters. The van der Waals surface area contributed by atoms with Gasteiger partial charge in [0, 0.05) is 18.8 Å². The molecule has 2 fully saturated rings. The van der Waals surface area contributed by atoms with Crippen LogP contribution in [0.1, 0.15) is 43.2 Å². The molecular formula is C22H34N3O2+. The Morgan fingerprint density at radius 1 is 1.11 bits per heavy atom. The maximum atomic E-state index is 12.7. The van der Waals surface area contributed by atoms with Gasteiger partial charge >= 0.3 is 0 Å². The number of nitrogens with one attached hydrogen (secondary N) is 2. The van der Waals surface area contributed by atoms with E-state index < -0.39 is 0 Å². The van der Waals surface area contributed by atoms with Gasteiger partial charge in [-0.25, -0.2) is 0 Å². The lowest BCUT2D eigenvalue weighted by molar-refractivity contribution is -0.862. The highest BCUT2D eigenvalue weighted by Crippen LogP contribution is 2.35. The van der Waals surface area contributed by atoms with Crippen molar-refractivity contribution in [2.75, 3.05) is 38.5 Å². The lowest BCUT2D eigenvalue weighted by Crippen LogP contribution is -3.11. The Kier molecular flexibility index (Phi) is 6.53. The number of nitrogens with zero attached hydrogens (tertiary/aromatic N) is 1. The highest BCUT2D eigenvalue weighted by molar-refractivity contribution is 5.92. The molecule has 1 aromatic carbocycles. The van der Waals surface area contributed by atoms with Gasteiger partial charge in [0.05, 0.1) is 7.05 Å². The minimum absolute atomic E-state index is 0.0417. The third-order valence-corrected chi connectivity index (χ3v) is 6.44. The summed E-state index contributed by atoms with van der Waals surface area (Å²) >= 11 is 0. The number of amides is 2. The number of aryl methyl sites for hydroxylation is 1. The van der Waals surface area contributed by atoms with Crippen LogP contribution >= 0.6 is 0 Å². The van der Waals surface area contributed by atoms with Crippen molar-refractivity contribution in [2.24, 2.45) is 11.8 Å². The first-order valence-electron chi connectivity index (χ1n) is 10.4. The summed E-state index contributed by atoms with van der Waals surface area (Å²) in [6.07, 6.45) is 6.44. The summed E-state index contributed by atoms with van der Waals surface area (Å²) in [4.78, 5) is 28.0. The van der Waals surface area contributed by atoms with E-state index in [-0.39, 0.29) is 11.8 Å². The molecule has 5 heteroatoms. The smallest absolute Gasteiger partial charge is 0.279 e. The molecule has 148 valence electrons. The number of carbonyl (C=O) groups is 2. The van der Waals surface area contributed by atoms with Gasteiger partial charge in [0.2, 0.25) is 0 Å². The lowest BCUT2D eigenvalue weighted by atomic mass is 9.75. The van der Waals surface area contributed by atoms with Crippen molar-refractivity contribution in [3.8, 4) is 0 Å². The van der Waals surface area contributed by atoms with Gasteiger partial charge in [0.25, 0.3) is 11.8 Å². The zero-order valence-corrected chi connectivity index (χ0v) is 17.0. The van der Waals surface area contributed by atoms with Crippen LogP contribution in [-0.4, -0.2) is 49.9 Å². The van der Waals surface area contributed by atoms with Gasteiger partial charge in [-0.1, -0.05) is 31.4 Å². The molecule has 27 heavy (non-hydrogen) atoms. The normalized spacial score (nSPS) is 23.4. The topological polar surface area (TPSA) is 53.9 Å². The first-order valence-corrected chi connectivity index (χ1v) is 10.4. The molecule has 0 bridgehead atoms. The quantitative estimate of drug-likeness (QED) is 0.828. The van der Waals surface area contributed by atoms with Crippen molar-refractivity contribution in [3.05, 3.63) is 29.3 Å². The van der Waals surface area contributed by atoms with E-state index in [0.717, 1.165) is 47.1 Å². The number of quaternary nitrogens is 1. The standard InChI is InChI=1S/C22H33N3O2/c1-16-7-6-10-20(17(16)2)23-21(26)14-24(3)15-22(27)25-12-11-18-8-4-5-9-19(18)13-25/h6-7,10,18-19H,4-5,8-9,11-15H2,1-3H3,(H,23,26)/p+1/t18-,19+/m0/s1. The van der Waals surface area contributed by atoms with Crippen LogP contribution in [0.15, 0.2) is 18.2 Å². The lowest BCUT2D eigenvalue weighted by Gasteiger charge is -2.41. The van der Waals surface area contributed by atoms with Crippen LogP contribution in [0.2, 0.25) is 0 Å². The van der Waals surface area contributed by atoms with Crippen molar-refractivity contribution < 1.29 is 14.5 Å². The number of rotatable bonds is 5. The zero-order chi connectivity index (χ0) is 19.4. The summed E-state index contributed by atoms with van der Waals surface area (Å²) < 4.78 is 0. The number of likely N-dealkylation sites (tertiary alicyclic amines) is 1. The van der Waals surface area contributed by atoms with Crippen molar-refractivity contribution in [2.45, 2.75) is 46.0 Å². The molecule has 1 unspecified atom stereocenters. The molecule has 0 aromatic heterocycles. The van der Waals surface area contributed by atoms with Crippen molar-refractivity contribution in [1.29, 1.82) is 0 Å². The van der Waals surface area contributed by atoms with Crippen LogP contribution < -0.4 is 10.2 Å². The second kappa shape index (κ2) is 8.87. The largest absolute Gasteiger partial charge is 0.338 e. The van der Waals surface area contributed by atoms with Gasteiger partial charge in [-0.05, 0) is 55.7 Å². The molecule has 1 aliphatic carbocycles. The van der Waals surface area contributed by atoms with Crippen LogP contribution in [0.4, 0.5) is 5.69 Å². The Morgan fingerprint density at radius 2 is 1.85 bits per heavy atom. The number of anilines is 1. The molecule has 5 nitrogen and oxygen atoms in total. The molecule has 1 aromatic rings. The number of likely N-dealkylation sites (N-methyl/N-ethyl adjacent to an activating group) is 1. The van der Waals surface area contributed by atoms with Gasteiger partial charge in [-0.2, -0.15) is 0 Å². The minimum atomic E-state index is -0.0417. The Bertz CT molecular complexity index is 688. The first kappa shape index (κ1) is 19.9. The maximum absolute atomic E-state index is 12.7. The van der Waals surface area contributed by atoms with E-state index >= 15 is 0 Å². The summed E-state index contributed by atoms with van der Waals surface area (Å²) in [7, 11) is 1.92. The molecule has 0 spiro atoms. The van der Waals surface area contributed by atoms with E-state index in [1.165, 1.54) is 25.7 Å². The highest BCUT2D eigenvalue weighted by atomic mass is 16.2. The zero-order valence-electron chi connectivity index (χ0n) is 17.0. The Balaban J connectivity index is 1.47. The van der Waals surface area contributed by atoms with Crippen molar-refractivity contribution >= 4 is 17.5 Å². The van der Waals surface area contributed by atoms with Gasteiger partial charge in [0.15, 0.2) is 13.1 Å². The van der Waals surface area contributed by atoms with E-state index in [9.17, 15) is 9.59 Å². The predicted molar refractivity (Wildman–Crippen MR) is 108 cm³/mol. The fourth-order valence-corrected chi connectivity index (χ4v) is 4.61. The van der Waals surface area contributed by atoms with E-state index in [1.54, 1.807) is 0 Å². The highest BCUT2D eigenvalue weighted by Gasteiger charge is 2.33. The Labute approximate surface area is 163 Å². The van der Waals surface area contributed by atoms with Crippen molar-refractivity contribution in [1.82, 2.24) is 4.90 Å². The monoisotopic (exact) mass is 372 g/mol. The average Bonchev–Trinajstić information content (AvgIpc) is 2.64. The van der Waals surface area contributed by atoms with Gasteiger partial charge in [0.1, 0.15) is 0 Å². The maximum Gasteiger partial charge on any atom is 0.279 e. The summed E-state index contributed by atoms with van der Waals surface area (Å²) in [5.41, 5.74) is 3.11. The Morgan fingerprint density at radius 3 is 2.63 bits per heavy atom. The second-order valence-electron chi connectivity index (χ2n) is 8.54. The molecule has 0 radical (unpaired) electrons. The number of hydrogen-bond donors (Lipinski definition) is 2. The fourth-order valence-electron chi connectivity index (χ4n) is 4.61. The SMILES string of the molecule is Cc1cccc(NC(=O)C[NH+](C)CC(=O)N2CC[C@@H]3CCCC[C@@H]3C2)c1C. The van der Waals surface area contributed by atoms with Crippen LogP contribution in [0.3, 0.4) is 0 Å². The third kappa shape index (κ3) is 5.10. The number of piperidine rings is 1. The van der Waals surface area contributed by atoms with E-state index in [4.69, 9.17) is 0 Å². The summed E-state index contributed by atoms with van der Waals surface area (Å²) in [6.45, 7) is 6.56. The Hall–Kier alpha value is -1.88. The average molecular weight is 373 g/mol. The predicted octanol–water partition coefficient (Wildman–Crippen LogP) is 1.80. The number of hydrogen-bond acceptors (Lipinski definition) is 2. The molecular weight excluding hydrogens is 338 g/mol. The van der Waals surface area contributed by atoms with Gasteiger partial charge < -0.3 is 15.1 Å². The molecule has 3 rings (SSSR count).